The topological polar surface area (TPSA) is 65.7 Å². The van der Waals surface area contributed by atoms with Gasteiger partial charge < -0.3 is 4.98 Å². The first-order valence-corrected chi connectivity index (χ1v) is 4.24. The first-order valence-electron chi connectivity index (χ1n) is 3.16. The van der Waals surface area contributed by atoms with Crippen molar-refractivity contribution in [2.75, 3.05) is 0 Å². The summed E-state index contributed by atoms with van der Waals surface area (Å²) in [5.41, 5.74) is -0.0576. The number of hydrogen-bond donors (Lipinski definition) is 2. The third-order valence-corrected chi connectivity index (χ3v) is 2.45. The van der Waals surface area contributed by atoms with E-state index in [1.54, 1.807) is 0 Å². The second kappa shape index (κ2) is 3.21. The summed E-state index contributed by atoms with van der Waals surface area (Å²) in [5, 5.41) is 0. The van der Waals surface area contributed by atoms with Crippen LogP contribution in [0.25, 0.3) is 0 Å². The second-order valence-corrected chi connectivity index (χ2v) is 3.13. The number of halogens is 1. The first-order chi connectivity index (χ1) is 5.15. The normalized spacial score (nSPS) is 10.0. The molecule has 0 atom stereocenters. The predicted molar refractivity (Wildman–Crippen MR) is 49.8 cm³/mol. The van der Waals surface area contributed by atoms with Crippen LogP contribution in [0, 0.1) is 3.57 Å². The number of aromatic nitrogens is 2. The lowest BCUT2D eigenvalue weighted by Gasteiger charge is -1.96. The molecule has 1 heterocycles. The van der Waals surface area contributed by atoms with Gasteiger partial charge in [0.25, 0.3) is 5.56 Å². The molecule has 2 N–H and O–H groups in total. The molecule has 1 rings (SSSR count). The maximum absolute atomic E-state index is 10.9. The fraction of sp³-hybridized carbons (Fsp3) is 0.333. The van der Waals surface area contributed by atoms with E-state index in [0.717, 1.165) is 0 Å². The highest BCUT2D eigenvalue weighted by molar-refractivity contribution is 14.1. The highest BCUT2D eigenvalue weighted by atomic mass is 127. The van der Waals surface area contributed by atoms with Gasteiger partial charge >= 0.3 is 5.69 Å². The number of nitrogens with one attached hydrogen (secondary N) is 2. The quantitative estimate of drug-likeness (QED) is 0.714. The molecule has 0 spiro atoms. The third kappa shape index (κ3) is 1.70. The highest BCUT2D eigenvalue weighted by Gasteiger charge is 2.02. The minimum atomic E-state index is -0.438. The van der Waals surface area contributed by atoms with Gasteiger partial charge in [0.05, 0.1) is 3.57 Å². The van der Waals surface area contributed by atoms with Crippen LogP contribution in [0.2, 0.25) is 0 Å². The van der Waals surface area contributed by atoms with Crippen molar-refractivity contribution in [2.45, 2.75) is 13.3 Å². The molecule has 0 aromatic carbocycles. The molecule has 0 amide bonds. The molecule has 0 unspecified atom stereocenters. The van der Waals surface area contributed by atoms with Gasteiger partial charge in [-0.05, 0) is 29.0 Å². The summed E-state index contributed by atoms with van der Waals surface area (Å²) in [5.74, 6) is 0. The van der Waals surface area contributed by atoms with E-state index in [1.807, 2.05) is 29.5 Å². The SMILES string of the molecule is CCc1[nH]c(=O)[nH]c(=O)c1I. The maximum Gasteiger partial charge on any atom is 0.325 e. The predicted octanol–water partition coefficient (Wildman–Crippen LogP) is 0.230. The third-order valence-electron chi connectivity index (χ3n) is 1.31. The molecule has 0 aliphatic heterocycles. The first kappa shape index (κ1) is 8.51. The monoisotopic (exact) mass is 266 g/mol. The van der Waals surface area contributed by atoms with Gasteiger partial charge in [0.2, 0.25) is 0 Å². The zero-order chi connectivity index (χ0) is 8.43. The average molecular weight is 266 g/mol. The fourth-order valence-corrected chi connectivity index (χ4v) is 1.41. The zero-order valence-corrected chi connectivity index (χ0v) is 8.06. The van der Waals surface area contributed by atoms with E-state index < -0.39 is 5.69 Å². The van der Waals surface area contributed by atoms with Crippen LogP contribution in [0.4, 0.5) is 0 Å². The summed E-state index contributed by atoms with van der Waals surface area (Å²) in [6.45, 7) is 1.88. The molecule has 11 heavy (non-hydrogen) atoms. The summed E-state index contributed by atoms with van der Waals surface area (Å²) in [6, 6.07) is 0. The van der Waals surface area contributed by atoms with Crippen molar-refractivity contribution < 1.29 is 0 Å². The number of hydrogen-bond acceptors (Lipinski definition) is 2. The van der Waals surface area contributed by atoms with Crippen LogP contribution in [0.15, 0.2) is 9.59 Å². The highest BCUT2D eigenvalue weighted by Crippen LogP contribution is 2.00. The summed E-state index contributed by atoms with van der Waals surface area (Å²) in [4.78, 5) is 26.3. The Labute approximate surface area is 76.2 Å². The molecule has 1 aromatic rings. The zero-order valence-electron chi connectivity index (χ0n) is 5.90. The molecule has 0 saturated heterocycles. The van der Waals surface area contributed by atoms with E-state index in [9.17, 15) is 9.59 Å². The van der Waals surface area contributed by atoms with Crippen LogP contribution < -0.4 is 11.2 Å². The van der Waals surface area contributed by atoms with Crippen LogP contribution >= 0.6 is 22.6 Å². The minimum absolute atomic E-state index is 0.314. The van der Waals surface area contributed by atoms with Gasteiger partial charge in [0, 0.05) is 5.69 Å². The van der Waals surface area contributed by atoms with E-state index in [0.29, 0.717) is 15.7 Å². The van der Waals surface area contributed by atoms with E-state index in [1.165, 1.54) is 0 Å². The van der Waals surface area contributed by atoms with E-state index in [-0.39, 0.29) is 5.56 Å². The molecule has 0 aliphatic rings. The Hall–Kier alpha value is -0.590. The molecular formula is C6H7IN2O2. The Morgan fingerprint density at radius 1 is 1.36 bits per heavy atom. The minimum Gasteiger partial charge on any atom is -0.310 e. The molecule has 4 nitrogen and oxygen atoms in total. The molecule has 60 valence electrons. The molecule has 1 aromatic heterocycles. The Morgan fingerprint density at radius 2 is 2.00 bits per heavy atom. The van der Waals surface area contributed by atoms with Gasteiger partial charge in [-0.25, -0.2) is 4.79 Å². The summed E-state index contributed by atoms with van der Waals surface area (Å²) < 4.78 is 0.560. The second-order valence-electron chi connectivity index (χ2n) is 2.05. The van der Waals surface area contributed by atoms with Crippen molar-refractivity contribution in [1.29, 1.82) is 0 Å². The number of H-pyrrole nitrogens is 2. The molecule has 0 fully saturated rings. The lowest BCUT2D eigenvalue weighted by atomic mass is 10.3. The largest absolute Gasteiger partial charge is 0.325 e. The van der Waals surface area contributed by atoms with Crippen LogP contribution in [0.1, 0.15) is 12.6 Å². The molecule has 0 saturated carbocycles. The van der Waals surface area contributed by atoms with Gasteiger partial charge in [-0.15, -0.1) is 0 Å². The van der Waals surface area contributed by atoms with Crippen LogP contribution in [0.3, 0.4) is 0 Å². The average Bonchev–Trinajstić information content (AvgIpc) is 1.96. The van der Waals surface area contributed by atoms with Crippen LogP contribution in [0.5, 0.6) is 0 Å². The molecule has 0 aliphatic carbocycles. The lowest BCUT2D eigenvalue weighted by Crippen LogP contribution is -2.26. The number of aromatic amines is 2. The van der Waals surface area contributed by atoms with E-state index >= 15 is 0 Å². The maximum atomic E-state index is 10.9. The standard InChI is InChI=1S/C6H7IN2O2/c1-2-3-4(7)5(10)9-6(11)8-3/h2H2,1H3,(H2,8,9,10,11). The van der Waals surface area contributed by atoms with Crippen molar-refractivity contribution in [1.82, 2.24) is 9.97 Å². The molecule has 0 bridgehead atoms. The van der Waals surface area contributed by atoms with Crippen molar-refractivity contribution in [2.24, 2.45) is 0 Å². The molecule has 5 heteroatoms. The van der Waals surface area contributed by atoms with Crippen molar-refractivity contribution in [3.63, 3.8) is 0 Å². The van der Waals surface area contributed by atoms with Gasteiger partial charge in [0.1, 0.15) is 0 Å². The van der Waals surface area contributed by atoms with Crippen molar-refractivity contribution in [3.8, 4) is 0 Å². The molecular weight excluding hydrogens is 259 g/mol. The van der Waals surface area contributed by atoms with E-state index in [4.69, 9.17) is 0 Å². The molecule has 0 radical (unpaired) electrons. The van der Waals surface area contributed by atoms with Gasteiger partial charge in [-0.1, -0.05) is 6.92 Å². The Balaban J connectivity index is 3.49. The number of rotatable bonds is 1. The summed E-state index contributed by atoms with van der Waals surface area (Å²) in [6.07, 6.45) is 0.664. The van der Waals surface area contributed by atoms with Crippen LogP contribution in [-0.4, -0.2) is 9.97 Å². The van der Waals surface area contributed by atoms with Crippen molar-refractivity contribution >= 4 is 22.6 Å². The summed E-state index contributed by atoms with van der Waals surface area (Å²) in [7, 11) is 0. The van der Waals surface area contributed by atoms with Crippen molar-refractivity contribution in [3.05, 3.63) is 30.1 Å². The Morgan fingerprint density at radius 3 is 2.55 bits per heavy atom. The van der Waals surface area contributed by atoms with Gasteiger partial charge in [-0.2, -0.15) is 0 Å². The number of aryl methyl sites for hydroxylation is 1. The van der Waals surface area contributed by atoms with Gasteiger partial charge in [-0.3, -0.25) is 9.78 Å². The Bertz CT molecular complexity index is 366. The van der Waals surface area contributed by atoms with E-state index in [2.05, 4.69) is 9.97 Å². The van der Waals surface area contributed by atoms with Gasteiger partial charge in [0.15, 0.2) is 0 Å². The Kier molecular flexibility index (Phi) is 2.48. The summed E-state index contributed by atoms with van der Waals surface area (Å²) >= 11 is 1.91. The van der Waals surface area contributed by atoms with Crippen LogP contribution in [-0.2, 0) is 6.42 Å². The smallest absolute Gasteiger partial charge is 0.310 e. The fourth-order valence-electron chi connectivity index (χ4n) is 0.762. The lowest BCUT2D eigenvalue weighted by molar-refractivity contribution is 0.919.